The number of carboxylic acid groups (broad SMARTS) is 1. The minimum atomic E-state index is -4.03. The Morgan fingerprint density at radius 3 is 2.22 bits per heavy atom. The summed E-state index contributed by atoms with van der Waals surface area (Å²) in [5.74, 6) is -0.778. The van der Waals surface area contributed by atoms with E-state index in [0.717, 1.165) is 17.7 Å². The zero-order chi connectivity index (χ0) is 20.0. The molecule has 0 saturated heterocycles. The molecular formula is C15H20N7O4S-. The largest absolute Gasteiger partial charge is 0.530 e. The summed E-state index contributed by atoms with van der Waals surface area (Å²) in [6.45, 7) is 2.27. The van der Waals surface area contributed by atoms with Gasteiger partial charge in [0.1, 0.15) is 6.09 Å². The molecule has 1 amide bonds. The number of amides is 1. The maximum absolute atomic E-state index is 12.4. The third-order valence-corrected chi connectivity index (χ3v) is 4.90. The van der Waals surface area contributed by atoms with Gasteiger partial charge in [0, 0.05) is 12.2 Å². The highest BCUT2D eigenvalue weighted by Crippen LogP contribution is 2.20. The molecule has 2 rings (SSSR count). The number of nitrogen functional groups attached to an aromatic ring is 2. The topological polar surface area (TPSA) is 180 Å². The van der Waals surface area contributed by atoms with Crippen molar-refractivity contribution in [3.8, 4) is 0 Å². The normalized spacial score (nSPS) is 11.1. The molecule has 0 aliphatic rings. The molecule has 0 unspecified atom stereocenters. The molecule has 27 heavy (non-hydrogen) atoms. The number of carbonyl (C=O) groups excluding carboxylic acids is 1. The summed E-state index contributed by atoms with van der Waals surface area (Å²) in [4.78, 5) is 23.1. The molecular weight excluding hydrogens is 374 g/mol. The van der Waals surface area contributed by atoms with Gasteiger partial charge in [-0.05, 0) is 30.7 Å². The van der Waals surface area contributed by atoms with Gasteiger partial charge < -0.3 is 26.3 Å². The first-order valence-electron chi connectivity index (χ1n) is 8.11. The molecule has 0 aliphatic carbocycles. The summed E-state index contributed by atoms with van der Waals surface area (Å²) in [6, 6.07) is 5.29. The van der Waals surface area contributed by atoms with E-state index in [1.165, 1.54) is 24.3 Å². The first-order chi connectivity index (χ1) is 12.7. The van der Waals surface area contributed by atoms with Gasteiger partial charge in [-0.15, -0.1) is 0 Å². The van der Waals surface area contributed by atoms with Crippen LogP contribution in [0.3, 0.4) is 0 Å². The van der Waals surface area contributed by atoms with Crippen LogP contribution in [0, 0.1) is 0 Å². The average Bonchev–Trinajstić information content (AvgIpc) is 2.57. The lowest BCUT2D eigenvalue weighted by molar-refractivity contribution is -0.246. The predicted octanol–water partition coefficient (Wildman–Crippen LogP) is 0.177. The van der Waals surface area contributed by atoms with Gasteiger partial charge in [-0.3, -0.25) is 0 Å². The number of nitrogens with one attached hydrogen (secondary N) is 1. The summed E-state index contributed by atoms with van der Waals surface area (Å²) in [5, 5.41) is 11.3. The Balaban J connectivity index is 2.20. The Hall–Kier alpha value is -3.15. The van der Waals surface area contributed by atoms with E-state index in [4.69, 9.17) is 11.5 Å². The van der Waals surface area contributed by atoms with Crippen molar-refractivity contribution < 1.29 is 18.3 Å². The molecule has 2 aromatic rings. The van der Waals surface area contributed by atoms with Crippen molar-refractivity contribution in [3.05, 3.63) is 24.3 Å². The number of nitrogens with two attached hydrogens (primary N) is 2. The van der Waals surface area contributed by atoms with Crippen molar-refractivity contribution in [2.24, 2.45) is 0 Å². The molecule has 1 aromatic carbocycles. The van der Waals surface area contributed by atoms with E-state index in [1.807, 2.05) is 6.92 Å². The van der Waals surface area contributed by atoms with Gasteiger partial charge in [-0.25, -0.2) is 13.1 Å². The van der Waals surface area contributed by atoms with Gasteiger partial charge in [0.05, 0.1) is 4.90 Å². The summed E-state index contributed by atoms with van der Waals surface area (Å²) in [6.07, 6.45) is 1.14. The third-order valence-electron chi connectivity index (χ3n) is 3.56. The van der Waals surface area contributed by atoms with E-state index in [9.17, 15) is 18.3 Å². The van der Waals surface area contributed by atoms with Crippen molar-refractivity contribution in [2.45, 2.75) is 31.1 Å². The number of hydrogen-bond acceptors (Lipinski definition) is 9. The Kier molecular flexibility index (Phi) is 6.34. The molecule has 0 fully saturated rings. The number of aromatic nitrogens is 3. The number of unbranched alkanes of at least 4 members (excludes halogenated alkanes) is 2. The second-order valence-electron chi connectivity index (χ2n) is 5.60. The first kappa shape index (κ1) is 20.2. The van der Waals surface area contributed by atoms with Crippen LogP contribution in [-0.4, -0.2) is 36.0 Å². The molecule has 0 spiro atoms. The fourth-order valence-electron chi connectivity index (χ4n) is 2.29. The molecule has 11 nitrogen and oxygen atoms in total. The lowest BCUT2D eigenvalue weighted by Gasteiger charge is -2.25. The van der Waals surface area contributed by atoms with Gasteiger partial charge in [0.25, 0.3) is 10.0 Å². The van der Waals surface area contributed by atoms with Crippen LogP contribution in [0.5, 0.6) is 0 Å². The van der Waals surface area contributed by atoms with Gasteiger partial charge in [0.15, 0.2) is 0 Å². The van der Waals surface area contributed by atoms with Crippen LogP contribution < -0.4 is 26.2 Å². The Bertz CT molecular complexity index is 883. The number of anilines is 4. The van der Waals surface area contributed by atoms with E-state index in [1.54, 1.807) is 0 Å². The second kappa shape index (κ2) is 8.49. The quantitative estimate of drug-likeness (QED) is 0.526. The highest BCUT2D eigenvalue weighted by Gasteiger charge is 2.17. The third kappa shape index (κ3) is 5.41. The Labute approximate surface area is 156 Å². The number of sulfonamides is 1. The summed E-state index contributed by atoms with van der Waals surface area (Å²) < 4.78 is 27.0. The zero-order valence-electron chi connectivity index (χ0n) is 14.6. The fraction of sp³-hybridized carbons (Fsp3) is 0.333. The van der Waals surface area contributed by atoms with Crippen LogP contribution >= 0.6 is 0 Å². The van der Waals surface area contributed by atoms with Crippen LogP contribution in [-0.2, 0) is 10.0 Å². The predicted molar refractivity (Wildman–Crippen MR) is 98.2 cm³/mol. The SMILES string of the molecule is CCCCCN(C(=O)[O-])c1ccc(S(=O)(=O)Nc2nc(N)nc(N)n2)cc1. The number of rotatable bonds is 8. The highest BCUT2D eigenvalue weighted by atomic mass is 32.2. The van der Waals surface area contributed by atoms with Gasteiger partial charge >= 0.3 is 0 Å². The lowest BCUT2D eigenvalue weighted by Crippen LogP contribution is -2.42. The lowest BCUT2D eigenvalue weighted by atomic mass is 10.2. The van der Waals surface area contributed by atoms with Crippen molar-refractivity contribution >= 4 is 39.6 Å². The van der Waals surface area contributed by atoms with Crippen LogP contribution in [0.25, 0.3) is 0 Å². The number of nitrogens with zero attached hydrogens (tertiary/aromatic N) is 4. The van der Waals surface area contributed by atoms with Crippen LogP contribution in [0.1, 0.15) is 26.2 Å². The van der Waals surface area contributed by atoms with E-state index in [-0.39, 0.29) is 29.3 Å². The van der Waals surface area contributed by atoms with Gasteiger partial charge in [-0.1, -0.05) is 19.8 Å². The molecule has 12 heteroatoms. The summed E-state index contributed by atoms with van der Waals surface area (Å²) >= 11 is 0. The van der Waals surface area contributed by atoms with Crippen LogP contribution in [0.2, 0.25) is 0 Å². The first-order valence-corrected chi connectivity index (χ1v) is 9.59. The van der Waals surface area contributed by atoms with Gasteiger partial charge in [-0.2, -0.15) is 15.0 Å². The van der Waals surface area contributed by atoms with Crippen molar-refractivity contribution in [2.75, 3.05) is 27.6 Å². The monoisotopic (exact) mass is 394 g/mol. The molecule has 5 N–H and O–H groups in total. The maximum atomic E-state index is 12.4. The van der Waals surface area contributed by atoms with E-state index in [0.29, 0.717) is 12.1 Å². The number of benzene rings is 1. The zero-order valence-corrected chi connectivity index (χ0v) is 15.4. The molecule has 0 radical (unpaired) electrons. The summed E-state index contributed by atoms with van der Waals surface area (Å²) in [7, 11) is -4.03. The number of hydrogen-bond donors (Lipinski definition) is 3. The molecule has 0 bridgehead atoms. The minimum Gasteiger partial charge on any atom is -0.530 e. The standard InChI is InChI=1S/C15H21N7O4S/c1-2-3-4-9-22(15(23)24)10-5-7-11(8-6-10)27(25,26)21-14-19-12(16)18-13(17)20-14/h5-8H,2-4,9H2,1H3,(H,23,24)(H5,16,17,18,19,20,21)/p-1. The fourth-order valence-corrected chi connectivity index (χ4v) is 3.23. The Morgan fingerprint density at radius 2 is 1.70 bits per heavy atom. The Morgan fingerprint density at radius 1 is 1.11 bits per heavy atom. The minimum absolute atomic E-state index is 0.115. The molecule has 1 aromatic heterocycles. The van der Waals surface area contributed by atoms with Crippen molar-refractivity contribution in [1.29, 1.82) is 0 Å². The van der Waals surface area contributed by atoms with E-state index >= 15 is 0 Å². The second-order valence-corrected chi connectivity index (χ2v) is 7.28. The van der Waals surface area contributed by atoms with E-state index < -0.39 is 16.1 Å². The van der Waals surface area contributed by atoms with Crippen LogP contribution in [0.15, 0.2) is 29.2 Å². The smallest absolute Gasteiger partial charge is 0.264 e. The number of carbonyl (C=O) groups is 1. The van der Waals surface area contributed by atoms with Crippen LogP contribution in [0.4, 0.5) is 28.3 Å². The van der Waals surface area contributed by atoms with Gasteiger partial charge in [0.2, 0.25) is 17.8 Å². The molecule has 146 valence electrons. The molecule has 0 atom stereocenters. The highest BCUT2D eigenvalue weighted by molar-refractivity contribution is 7.92. The van der Waals surface area contributed by atoms with E-state index in [2.05, 4.69) is 19.7 Å². The van der Waals surface area contributed by atoms with Crippen molar-refractivity contribution in [1.82, 2.24) is 15.0 Å². The average molecular weight is 394 g/mol. The molecule has 0 saturated carbocycles. The van der Waals surface area contributed by atoms with Crippen molar-refractivity contribution in [3.63, 3.8) is 0 Å². The summed E-state index contributed by atoms with van der Waals surface area (Å²) in [5.41, 5.74) is 11.1. The maximum Gasteiger partial charge on any atom is 0.264 e. The molecule has 0 aliphatic heterocycles. The molecule has 1 heterocycles.